The number of carbonyl (C=O) groups excluding carboxylic acids is 4. The highest BCUT2D eigenvalue weighted by molar-refractivity contribution is 7.98. The average Bonchev–Trinajstić information content (AvgIpc) is 4.00. The van der Waals surface area contributed by atoms with Gasteiger partial charge in [0.1, 0.15) is 55.0 Å². The van der Waals surface area contributed by atoms with E-state index in [0.29, 0.717) is 0 Å². The second-order valence-corrected chi connectivity index (χ2v) is 14.5. The summed E-state index contributed by atoms with van der Waals surface area (Å²) in [5, 5.41) is 84.5. The van der Waals surface area contributed by atoms with Gasteiger partial charge in [0.25, 0.3) is 0 Å². The lowest BCUT2D eigenvalue weighted by Crippen LogP contribution is -2.52. The number of imide groups is 2. The SMILES string of the molecule is CSc1nc(NC(=O)NC(=O)[C@@H](N)[C@@H](C)O)c2ncn([C@@H]3O[C@H](CO)[C@@H](O)[C@H]3O)c2n1.C[C@@H](O)[C@H](N)C(=O)NC(=O)N(C)c1ncnc2c1ncn2[C@@H]1O[C@H](CO)[C@@H](O)[C@H]1O. The smallest absolute Gasteiger partial charge is 0.329 e. The predicted octanol–water partition coefficient (Wildman–Crippen LogP) is -5.67. The zero-order valence-electron chi connectivity index (χ0n) is 32.7. The standard InChI is InChI=1S/C16H23N7O7S.C16H23N7O7/c1-5(25)7(17)13(28)22-15(29)19-11-8-12(21-16(20-11)31-2)23(4-18-8)14-10(27)9(26)6(3-24)30-14;1-6(25)8(17)14(28)21-16(29)22(2)12-9-13(19-4-18-12)23(5-20-9)15-11(27)10(26)7(3-24)30-15/h4-7,9-10,14,24-27H,3,17H2,1-2H3,(H2,19,20,21,22,28,29);4-8,10-11,15,24-27H,3,17H2,1-2H3,(H,21,28,29)/t5-,6-,7+,9-,10-,14-;6-,7-,8+,10-,11-,15-/m11/s1. The summed E-state index contributed by atoms with van der Waals surface area (Å²) < 4.78 is 13.7. The lowest BCUT2D eigenvalue weighted by atomic mass is 10.1. The number of anilines is 2. The topological polar surface area (TPSA) is 427 Å². The molecular formula is C32H46N14O14S. The Bertz CT molecular complexity index is 2210. The minimum Gasteiger partial charge on any atom is -0.394 e. The van der Waals surface area contributed by atoms with Crippen molar-refractivity contribution in [2.75, 3.05) is 36.7 Å². The Kier molecular flexibility index (Phi) is 15.2. The number of imidazole rings is 2. The number of aromatic nitrogens is 8. The average molecular weight is 883 g/mol. The molecule has 4 aromatic rings. The second kappa shape index (κ2) is 19.7. The minimum atomic E-state index is -1.36. The van der Waals surface area contributed by atoms with Crippen LogP contribution in [-0.2, 0) is 19.1 Å². The summed E-state index contributed by atoms with van der Waals surface area (Å²) in [5.41, 5.74) is 11.6. The Morgan fingerprint density at radius 2 is 1.30 bits per heavy atom. The number of urea groups is 2. The summed E-state index contributed by atoms with van der Waals surface area (Å²) in [6.45, 7) is 1.64. The normalized spacial score (nSPS) is 25.6. The molecular weight excluding hydrogens is 837 g/mol. The number of thioether (sulfide) groups is 1. The number of aliphatic hydroxyl groups excluding tert-OH is 8. The van der Waals surface area contributed by atoms with E-state index >= 15 is 0 Å². The van der Waals surface area contributed by atoms with Gasteiger partial charge in [-0.25, -0.2) is 39.5 Å². The molecule has 0 radical (unpaired) electrons. The van der Waals surface area contributed by atoms with Crippen LogP contribution < -0.4 is 32.3 Å². The summed E-state index contributed by atoms with van der Waals surface area (Å²) in [7, 11) is 1.34. The first kappa shape index (κ1) is 46.9. The maximum Gasteiger partial charge on any atom is 0.329 e. The van der Waals surface area contributed by atoms with E-state index in [-0.39, 0.29) is 39.1 Å². The summed E-state index contributed by atoms with van der Waals surface area (Å²) >= 11 is 1.16. The Morgan fingerprint density at radius 1 is 0.787 bits per heavy atom. The van der Waals surface area contributed by atoms with Crippen LogP contribution in [0.2, 0.25) is 0 Å². The molecule has 0 bridgehead atoms. The zero-order valence-corrected chi connectivity index (χ0v) is 33.5. The molecule has 15 N–H and O–H groups in total. The van der Waals surface area contributed by atoms with Crippen molar-refractivity contribution >= 4 is 69.6 Å². The summed E-state index contributed by atoms with van der Waals surface area (Å²) in [5.74, 6) is -1.75. The van der Waals surface area contributed by atoms with Gasteiger partial charge in [0, 0.05) is 7.05 Å². The molecule has 0 aliphatic carbocycles. The van der Waals surface area contributed by atoms with Crippen LogP contribution in [0.1, 0.15) is 26.3 Å². The first-order valence-corrected chi connectivity index (χ1v) is 19.4. The fraction of sp³-hybridized carbons (Fsp3) is 0.562. The van der Waals surface area contributed by atoms with E-state index in [2.05, 4.69) is 40.5 Å². The summed E-state index contributed by atoms with van der Waals surface area (Å²) in [4.78, 5) is 74.3. The number of fused-ring (bicyclic) bond motifs is 2. The number of hydrogen-bond acceptors (Lipinski definition) is 23. The summed E-state index contributed by atoms with van der Waals surface area (Å²) in [6, 6.07) is -4.41. The van der Waals surface area contributed by atoms with Crippen LogP contribution in [0.15, 0.2) is 24.1 Å². The molecule has 6 amide bonds. The van der Waals surface area contributed by atoms with Crippen molar-refractivity contribution in [3.05, 3.63) is 19.0 Å². The fourth-order valence-corrected chi connectivity index (χ4v) is 6.25. The lowest BCUT2D eigenvalue weighted by molar-refractivity contribution is -0.124. The number of rotatable bonds is 11. The van der Waals surface area contributed by atoms with E-state index in [9.17, 15) is 60.0 Å². The van der Waals surface area contributed by atoms with Crippen LogP contribution in [0.5, 0.6) is 0 Å². The van der Waals surface area contributed by atoms with Gasteiger partial charge in [-0.05, 0) is 20.1 Å². The summed E-state index contributed by atoms with van der Waals surface area (Å²) in [6.07, 6.45) is -6.39. The lowest BCUT2D eigenvalue weighted by Gasteiger charge is -2.19. The monoisotopic (exact) mass is 882 g/mol. The number of carbonyl (C=O) groups is 4. The largest absolute Gasteiger partial charge is 0.394 e. The van der Waals surface area contributed by atoms with Crippen molar-refractivity contribution in [3.8, 4) is 0 Å². The van der Waals surface area contributed by atoms with E-state index in [0.717, 1.165) is 23.0 Å². The van der Waals surface area contributed by atoms with Gasteiger partial charge in [0.15, 0.2) is 51.6 Å². The molecule has 2 saturated heterocycles. The molecule has 0 spiro atoms. The van der Waals surface area contributed by atoms with Gasteiger partial charge < -0.3 is 61.8 Å². The van der Waals surface area contributed by atoms with Crippen molar-refractivity contribution in [1.29, 1.82) is 0 Å². The molecule has 61 heavy (non-hydrogen) atoms. The van der Waals surface area contributed by atoms with E-state index < -0.39 is 110 Å². The number of nitrogens with zero attached hydrogens (tertiary/aromatic N) is 9. The molecule has 2 fully saturated rings. The molecule has 4 aromatic heterocycles. The van der Waals surface area contributed by atoms with Gasteiger partial charge in [-0.15, -0.1) is 0 Å². The van der Waals surface area contributed by atoms with Crippen molar-refractivity contribution < 1.29 is 69.5 Å². The maximum absolute atomic E-state index is 12.4. The molecule has 0 unspecified atom stereocenters. The highest BCUT2D eigenvalue weighted by atomic mass is 32.2. The molecule has 0 saturated carbocycles. The Hall–Kier alpha value is -5.15. The molecule has 2 aliphatic heterocycles. The van der Waals surface area contributed by atoms with Crippen molar-refractivity contribution in [2.45, 2.75) is 92.4 Å². The van der Waals surface area contributed by atoms with Gasteiger partial charge in [-0.2, -0.15) is 0 Å². The number of nitrogens with one attached hydrogen (secondary N) is 3. The van der Waals surface area contributed by atoms with Crippen LogP contribution >= 0.6 is 11.8 Å². The maximum atomic E-state index is 12.4. The van der Waals surface area contributed by atoms with Crippen molar-refractivity contribution in [2.24, 2.45) is 11.5 Å². The van der Waals surface area contributed by atoms with Crippen molar-refractivity contribution in [3.63, 3.8) is 0 Å². The molecule has 29 heteroatoms. The van der Waals surface area contributed by atoms with Gasteiger partial charge in [0.05, 0.1) is 38.1 Å². The third kappa shape index (κ3) is 9.83. The number of amides is 6. The Balaban J connectivity index is 0.000000231. The quantitative estimate of drug-likeness (QED) is 0.0493. The molecule has 12 atom stereocenters. The zero-order chi connectivity index (χ0) is 45.0. The molecule has 334 valence electrons. The predicted molar refractivity (Wildman–Crippen MR) is 207 cm³/mol. The van der Waals surface area contributed by atoms with E-state index in [1.807, 2.05) is 5.32 Å². The second-order valence-electron chi connectivity index (χ2n) is 13.7. The van der Waals surface area contributed by atoms with Gasteiger partial charge in [-0.1, -0.05) is 11.8 Å². The van der Waals surface area contributed by atoms with E-state index in [1.54, 1.807) is 6.26 Å². The first-order chi connectivity index (χ1) is 28.8. The molecule has 28 nitrogen and oxygen atoms in total. The molecule has 0 aromatic carbocycles. The fourth-order valence-electron chi connectivity index (χ4n) is 5.89. The molecule has 2 aliphatic rings. The highest BCUT2D eigenvalue weighted by Gasteiger charge is 2.45. The van der Waals surface area contributed by atoms with Crippen molar-refractivity contribution in [1.82, 2.24) is 49.7 Å². The minimum absolute atomic E-state index is 0.0317. The number of aliphatic hydroxyl groups is 8. The van der Waals surface area contributed by atoms with Crippen LogP contribution in [0.25, 0.3) is 22.3 Å². The third-order valence-electron chi connectivity index (χ3n) is 9.47. The number of hydrogen-bond donors (Lipinski definition) is 13. The van der Waals surface area contributed by atoms with Gasteiger partial charge in [-0.3, -0.25) is 39.6 Å². The third-order valence-corrected chi connectivity index (χ3v) is 10.0. The van der Waals surface area contributed by atoms with Gasteiger partial charge >= 0.3 is 12.1 Å². The molecule has 6 heterocycles. The van der Waals surface area contributed by atoms with Crippen LogP contribution in [0.3, 0.4) is 0 Å². The Labute approximate surface area is 347 Å². The van der Waals surface area contributed by atoms with Crippen LogP contribution in [0.4, 0.5) is 21.2 Å². The van der Waals surface area contributed by atoms with Crippen LogP contribution in [-0.4, -0.2) is 191 Å². The highest BCUT2D eigenvalue weighted by Crippen LogP contribution is 2.34. The van der Waals surface area contributed by atoms with E-state index in [4.69, 9.17) is 20.9 Å². The van der Waals surface area contributed by atoms with E-state index in [1.165, 1.54) is 42.7 Å². The first-order valence-electron chi connectivity index (χ1n) is 18.1. The number of ether oxygens (including phenoxy) is 2. The molecule has 6 rings (SSSR count). The number of nitrogens with two attached hydrogens (primary N) is 2. The van der Waals surface area contributed by atoms with Gasteiger partial charge in [0.2, 0.25) is 11.8 Å². The van der Waals surface area contributed by atoms with Crippen LogP contribution in [0, 0.1) is 0 Å². The Morgan fingerprint density at radius 3 is 1.79 bits per heavy atom.